The average Bonchev–Trinajstić information content (AvgIpc) is 3.19. The van der Waals surface area contributed by atoms with Gasteiger partial charge in [-0.05, 0) is 28.6 Å². The quantitative estimate of drug-likeness (QED) is 0.495. The van der Waals surface area contributed by atoms with Crippen molar-refractivity contribution in [3.63, 3.8) is 0 Å². The molecule has 10 heteroatoms. The van der Waals surface area contributed by atoms with Crippen molar-refractivity contribution in [3.8, 4) is 0 Å². The molecule has 4 heterocycles. The molecule has 0 aromatic carbocycles. The van der Waals surface area contributed by atoms with Gasteiger partial charge in [0.15, 0.2) is 0 Å². The van der Waals surface area contributed by atoms with E-state index >= 15 is 0 Å². The van der Waals surface area contributed by atoms with E-state index in [1.54, 1.807) is 35.4 Å². The van der Waals surface area contributed by atoms with E-state index in [0.29, 0.717) is 29.9 Å². The van der Waals surface area contributed by atoms with Crippen LogP contribution < -0.4 is 5.73 Å². The molecule has 0 unspecified atom stereocenters. The molecule has 2 amide bonds. The molecule has 0 radical (unpaired) electrons. The van der Waals surface area contributed by atoms with Crippen molar-refractivity contribution in [2.24, 2.45) is 5.73 Å². The van der Waals surface area contributed by atoms with E-state index in [4.69, 9.17) is 5.73 Å². The van der Waals surface area contributed by atoms with Crippen LogP contribution in [0.3, 0.4) is 0 Å². The van der Waals surface area contributed by atoms with Crippen LogP contribution in [0.5, 0.6) is 0 Å². The van der Waals surface area contributed by atoms with Crippen LogP contribution in [0.4, 0.5) is 0 Å². The van der Waals surface area contributed by atoms with Gasteiger partial charge in [0.2, 0.25) is 5.91 Å². The van der Waals surface area contributed by atoms with Crippen LogP contribution in [0, 0.1) is 0 Å². The Balaban J connectivity index is 1.61. The van der Waals surface area contributed by atoms with Crippen molar-refractivity contribution in [3.05, 3.63) is 57.2 Å². The summed E-state index contributed by atoms with van der Waals surface area (Å²) in [5, 5.41) is 11.6. The highest BCUT2D eigenvalue weighted by Crippen LogP contribution is 2.41. The van der Waals surface area contributed by atoms with Crippen LogP contribution in [0.1, 0.15) is 27.3 Å². The first-order valence-electron chi connectivity index (χ1n) is 8.77. The lowest BCUT2D eigenvalue weighted by Gasteiger charge is -2.44. The summed E-state index contributed by atoms with van der Waals surface area (Å²) >= 11 is 4.66. The average molecular weight is 448 g/mol. The molecule has 1 fully saturated rings. The molecule has 2 aromatic heterocycles. The van der Waals surface area contributed by atoms with Crippen LogP contribution in [0.15, 0.2) is 45.9 Å². The van der Waals surface area contributed by atoms with E-state index in [-0.39, 0.29) is 22.7 Å². The van der Waals surface area contributed by atoms with Gasteiger partial charge in [0.05, 0.1) is 11.8 Å². The van der Waals surface area contributed by atoms with Gasteiger partial charge in [0, 0.05) is 33.9 Å². The number of hydrogen-bond donors (Lipinski definition) is 2. The third kappa shape index (κ3) is 4.05. The Hall–Kier alpha value is -2.30. The Morgan fingerprint density at radius 1 is 1.41 bits per heavy atom. The predicted molar refractivity (Wildman–Crippen MR) is 113 cm³/mol. The lowest BCUT2D eigenvalue weighted by Crippen LogP contribution is -2.54. The number of aromatic nitrogens is 1. The second-order valence-electron chi connectivity index (χ2n) is 6.58. The number of nitrogens with zero attached hydrogens (tertiary/aromatic N) is 2. The predicted octanol–water partition coefficient (Wildman–Crippen LogP) is 2.57. The molecule has 29 heavy (non-hydrogen) atoms. The highest BCUT2D eigenvalue weighted by Gasteiger charge is 2.45. The normalized spacial score (nSPS) is 18.4. The molecule has 2 aliphatic heterocycles. The van der Waals surface area contributed by atoms with Crippen molar-refractivity contribution in [1.29, 1.82) is 0 Å². The molecule has 0 spiro atoms. The largest absolute Gasteiger partial charge is 0.477 e. The van der Waals surface area contributed by atoms with Crippen molar-refractivity contribution in [1.82, 2.24) is 9.88 Å². The molecular weight excluding hydrogens is 430 g/mol. The van der Waals surface area contributed by atoms with E-state index < -0.39 is 11.9 Å². The Bertz CT molecular complexity index is 1020. The SMILES string of the molecule is NC(=O)c1cc(SCC2=C(C(=O)O)N3C(=O)C[C@@H]3SC2)c(Cc2cccs2)cn1. The van der Waals surface area contributed by atoms with Crippen molar-refractivity contribution < 1.29 is 19.5 Å². The number of pyridine rings is 1. The minimum Gasteiger partial charge on any atom is -0.477 e. The zero-order valence-electron chi connectivity index (χ0n) is 15.2. The summed E-state index contributed by atoms with van der Waals surface area (Å²) in [6, 6.07) is 5.66. The number of nitrogens with two attached hydrogens (primary N) is 1. The lowest BCUT2D eigenvalue weighted by atomic mass is 10.1. The second kappa shape index (κ2) is 8.21. The van der Waals surface area contributed by atoms with Gasteiger partial charge in [-0.25, -0.2) is 4.79 Å². The fraction of sp³-hybridized carbons (Fsp3) is 0.263. The number of primary amides is 1. The summed E-state index contributed by atoms with van der Waals surface area (Å²) in [5.41, 5.74) is 7.30. The second-order valence-corrected chi connectivity index (χ2v) is 9.79. The fourth-order valence-corrected chi connectivity index (χ4v) is 6.42. The number of β-lactam (4-membered cyclic amide) rings is 1. The lowest BCUT2D eigenvalue weighted by molar-refractivity contribution is -0.146. The smallest absolute Gasteiger partial charge is 0.352 e. The summed E-state index contributed by atoms with van der Waals surface area (Å²) < 4.78 is 0. The molecule has 7 nitrogen and oxygen atoms in total. The number of thiophene rings is 1. The van der Waals surface area contributed by atoms with Gasteiger partial charge in [0.1, 0.15) is 11.4 Å². The van der Waals surface area contributed by atoms with E-state index in [2.05, 4.69) is 4.98 Å². The fourth-order valence-electron chi connectivity index (χ4n) is 3.22. The van der Waals surface area contributed by atoms with Gasteiger partial charge >= 0.3 is 5.97 Å². The highest BCUT2D eigenvalue weighted by molar-refractivity contribution is 8.01. The molecule has 150 valence electrons. The summed E-state index contributed by atoms with van der Waals surface area (Å²) in [4.78, 5) is 42.8. The van der Waals surface area contributed by atoms with Crippen molar-refractivity contribution in [2.45, 2.75) is 23.1 Å². The van der Waals surface area contributed by atoms with Crippen molar-refractivity contribution in [2.75, 3.05) is 11.5 Å². The number of carbonyl (C=O) groups excluding carboxylic acids is 2. The zero-order valence-corrected chi connectivity index (χ0v) is 17.6. The number of carboxylic acid groups (broad SMARTS) is 1. The first-order chi connectivity index (χ1) is 13.9. The highest BCUT2D eigenvalue weighted by atomic mass is 32.2. The maximum Gasteiger partial charge on any atom is 0.352 e. The van der Waals surface area contributed by atoms with Crippen LogP contribution >= 0.6 is 34.9 Å². The van der Waals surface area contributed by atoms with Gasteiger partial charge in [-0.15, -0.1) is 34.9 Å². The van der Waals surface area contributed by atoms with Gasteiger partial charge in [-0.2, -0.15) is 0 Å². The van der Waals surface area contributed by atoms with Gasteiger partial charge in [-0.3, -0.25) is 19.5 Å². The topological polar surface area (TPSA) is 114 Å². The molecule has 2 aromatic rings. The molecule has 1 atom stereocenters. The molecule has 0 aliphatic carbocycles. The first-order valence-corrected chi connectivity index (χ1v) is 11.7. The molecule has 1 saturated heterocycles. The van der Waals surface area contributed by atoms with Gasteiger partial charge in [-0.1, -0.05) is 6.07 Å². The van der Waals surface area contributed by atoms with E-state index in [9.17, 15) is 19.5 Å². The summed E-state index contributed by atoms with van der Waals surface area (Å²) in [5.74, 6) is -0.866. The number of aliphatic carboxylic acids is 1. The van der Waals surface area contributed by atoms with Crippen molar-refractivity contribution >= 4 is 52.6 Å². The van der Waals surface area contributed by atoms with E-state index in [0.717, 1.165) is 15.3 Å². The Labute approximate surface area is 179 Å². The Morgan fingerprint density at radius 3 is 2.90 bits per heavy atom. The van der Waals surface area contributed by atoms with Gasteiger partial charge in [0.25, 0.3) is 5.91 Å². The summed E-state index contributed by atoms with van der Waals surface area (Å²) in [6.45, 7) is 0. The van der Waals surface area contributed by atoms with Crippen LogP contribution in [-0.2, 0) is 16.0 Å². The van der Waals surface area contributed by atoms with Crippen LogP contribution in [0.2, 0.25) is 0 Å². The number of carbonyl (C=O) groups is 3. The zero-order chi connectivity index (χ0) is 20.5. The summed E-state index contributed by atoms with van der Waals surface area (Å²) in [7, 11) is 0. The summed E-state index contributed by atoms with van der Waals surface area (Å²) in [6.07, 6.45) is 2.71. The standard InChI is InChI=1S/C19H17N3O4S3/c20-18(24)13-5-14(10(7-21-13)4-12-2-1-3-27-12)28-8-11-9-29-16-6-15(23)22(16)17(11)19(25)26/h1-3,5,7,16H,4,6,8-9H2,(H2,20,24)(H,25,26)/t16-/m0/s1. The first kappa shape index (κ1) is 20.0. The third-order valence-electron chi connectivity index (χ3n) is 4.68. The number of hydrogen-bond acceptors (Lipinski definition) is 7. The van der Waals surface area contributed by atoms with E-state index in [1.165, 1.54) is 16.7 Å². The molecule has 3 N–H and O–H groups in total. The minimum absolute atomic E-state index is 0.0703. The number of thioether (sulfide) groups is 2. The molecule has 4 rings (SSSR count). The molecule has 2 aliphatic rings. The monoisotopic (exact) mass is 447 g/mol. The van der Waals surface area contributed by atoms with E-state index in [1.807, 2.05) is 17.5 Å². The number of amides is 2. The van der Waals surface area contributed by atoms with Crippen LogP contribution in [0.25, 0.3) is 0 Å². The third-order valence-corrected chi connectivity index (χ3v) is 8.01. The molecular formula is C19H17N3O4S3. The Kier molecular flexibility index (Phi) is 5.66. The maximum atomic E-state index is 11.9. The number of carboxylic acids is 1. The number of rotatable bonds is 7. The maximum absolute atomic E-state index is 11.9. The minimum atomic E-state index is -1.08. The van der Waals surface area contributed by atoms with Crippen LogP contribution in [-0.4, -0.2) is 49.7 Å². The molecule has 0 bridgehead atoms. The Morgan fingerprint density at radius 2 is 2.24 bits per heavy atom. The van der Waals surface area contributed by atoms with Gasteiger partial charge < -0.3 is 10.8 Å². The number of fused-ring (bicyclic) bond motifs is 1. The molecule has 0 saturated carbocycles.